The van der Waals surface area contributed by atoms with Crippen LogP contribution in [0.15, 0.2) is 91.0 Å². The monoisotopic (exact) mass is 576 g/mol. The lowest BCUT2D eigenvalue weighted by molar-refractivity contribution is -0.329. The molecule has 2 aliphatic heterocycles. The first-order chi connectivity index (χ1) is 20.4. The zero-order valence-electron chi connectivity index (χ0n) is 23.6. The van der Waals surface area contributed by atoms with E-state index in [-0.39, 0.29) is 6.61 Å². The molecule has 0 aliphatic carbocycles. The molecular weight excluding hydrogens is 540 g/mol. The molecule has 0 unspecified atom stereocenters. The summed E-state index contributed by atoms with van der Waals surface area (Å²) in [6.45, 7) is 3.72. The molecule has 2 saturated heterocycles. The number of benzene rings is 3. The Balaban J connectivity index is 1.45. The molecule has 3 aromatic carbocycles. The van der Waals surface area contributed by atoms with Crippen LogP contribution in [-0.4, -0.2) is 66.2 Å². The van der Waals surface area contributed by atoms with Crippen LogP contribution < -0.4 is 0 Å². The number of rotatable bonds is 9. The van der Waals surface area contributed by atoms with E-state index < -0.39 is 61.1 Å². The molecule has 222 valence electrons. The number of carbonyl (C=O) groups is 2. The van der Waals surface area contributed by atoms with E-state index in [9.17, 15) is 14.7 Å². The third kappa shape index (κ3) is 7.42. The Morgan fingerprint density at radius 3 is 1.83 bits per heavy atom. The molecule has 9 nitrogen and oxygen atoms in total. The summed E-state index contributed by atoms with van der Waals surface area (Å²) in [7, 11) is 0. The molecule has 0 saturated carbocycles. The van der Waals surface area contributed by atoms with Crippen LogP contribution in [0.2, 0.25) is 0 Å². The summed E-state index contributed by atoms with van der Waals surface area (Å²) in [4.78, 5) is 26.7. The number of ether oxygens (including phenoxy) is 6. The fourth-order valence-electron chi connectivity index (χ4n) is 5.05. The first-order valence-corrected chi connectivity index (χ1v) is 14.2. The van der Waals surface area contributed by atoms with Gasteiger partial charge in [-0.15, -0.1) is 0 Å². The third-order valence-corrected chi connectivity index (χ3v) is 7.40. The Morgan fingerprint density at radius 2 is 1.26 bits per heavy atom. The minimum Gasteiger partial charge on any atom is -0.452 e. The second kappa shape index (κ2) is 14.0. The van der Waals surface area contributed by atoms with Gasteiger partial charge < -0.3 is 33.5 Å². The van der Waals surface area contributed by atoms with Gasteiger partial charge in [0.15, 0.2) is 24.8 Å². The number of hydrogen-bond acceptors (Lipinski definition) is 9. The van der Waals surface area contributed by atoms with E-state index in [4.69, 9.17) is 28.4 Å². The molecule has 0 bridgehead atoms. The van der Waals surface area contributed by atoms with Gasteiger partial charge in [0, 0.05) is 6.42 Å². The standard InChI is InChI=1S/C33H36O9/c1-21-26(34)18-19-27(38-21)40-28-22(2)39-33(37-20-23-12-6-3-7-13-23)30(42-32(36)25-16-10-5-11-17-25)29(28)41-31(35)24-14-8-4-9-15-24/h3-17,21-22,26-30,33-34H,18-20H2,1-2H3/t21-,22-,26-,27+,28-,29+,30+,33+/m0/s1. The molecule has 2 heterocycles. The quantitative estimate of drug-likeness (QED) is 0.364. The average molecular weight is 577 g/mol. The molecule has 3 aromatic rings. The van der Waals surface area contributed by atoms with Gasteiger partial charge in [0.2, 0.25) is 0 Å². The predicted molar refractivity (Wildman–Crippen MR) is 151 cm³/mol. The van der Waals surface area contributed by atoms with Gasteiger partial charge in [-0.05, 0) is 50.1 Å². The first kappa shape index (κ1) is 29.9. The lowest BCUT2D eigenvalue weighted by Gasteiger charge is -2.45. The Bertz CT molecular complexity index is 1290. The van der Waals surface area contributed by atoms with E-state index >= 15 is 0 Å². The second-order valence-electron chi connectivity index (χ2n) is 10.5. The number of aliphatic hydroxyl groups is 1. The van der Waals surface area contributed by atoms with Gasteiger partial charge in [-0.2, -0.15) is 0 Å². The van der Waals surface area contributed by atoms with Crippen LogP contribution in [-0.2, 0) is 35.0 Å². The average Bonchev–Trinajstić information content (AvgIpc) is 3.02. The molecule has 1 N–H and O–H groups in total. The zero-order chi connectivity index (χ0) is 29.5. The maximum absolute atomic E-state index is 13.4. The molecular formula is C33H36O9. The van der Waals surface area contributed by atoms with Crippen molar-refractivity contribution in [3.8, 4) is 0 Å². The van der Waals surface area contributed by atoms with Crippen molar-refractivity contribution >= 4 is 11.9 Å². The van der Waals surface area contributed by atoms with Crippen LogP contribution >= 0.6 is 0 Å². The van der Waals surface area contributed by atoms with E-state index in [1.165, 1.54) is 0 Å². The molecule has 0 amide bonds. The minimum atomic E-state index is -1.18. The lowest BCUT2D eigenvalue weighted by Crippen LogP contribution is -2.62. The van der Waals surface area contributed by atoms with Crippen LogP contribution in [0.5, 0.6) is 0 Å². The summed E-state index contributed by atoms with van der Waals surface area (Å²) in [6.07, 6.45) is -5.71. The number of esters is 2. The molecule has 9 heteroatoms. The Hall–Kier alpha value is -3.60. The summed E-state index contributed by atoms with van der Waals surface area (Å²) in [5, 5.41) is 10.1. The topological polar surface area (TPSA) is 110 Å². The fourth-order valence-corrected chi connectivity index (χ4v) is 5.05. The van der Waals surface area contributed by atoms with Gasteiger partial charge in [0.05, 0.1) is 36.0 Å². The Morgan fingerprint density at radius 1 is 0.714 bits per heavy atom. The summed E-state index contributed by atoms with van der Waals surface area (Å²) in [6, 6.07) is 26.6. The molecule has 2 fully saturated rings. The zero-order valence-corrected chi connectivity index (χ0v) is 23.6. The van der Waals surface area contributed by atoms with Gasteiger partial charge in [-0.1, -0.05) is 66.7 Å². The highest BCUT2D eigenvalue weighted by Gasteiger charge is 2.51. The fraction of sp³-hybridized carbons (Fsp3) is 0.394. The summed E-state index contributed by atoms with van der Waals surface area (Å²) < 4.78 is 36.8. The van der Waals surface area contributed by atoms with Crippen molar-refractivity contribution in [2.45, 2.75) is 82.5 Å². The second-order valence-corrected chi connectivity index (χ2v) is 10.5. The van der Waals surface area contributed by atoms with Crippen molar-refractivity contribution < 1.29 is 43.1 Å². The van der Waals surface area contributed by atoms with Gasteiger partial charge in [0.25, 0.3) is 0 Å². The maximum Gasteiger partial charge on any atom is 0.338 e. The van der Waals surface area contributed by atoms with E-state index in [2.05, 4.69) is 0 Å². The SMILES string of the molecule is C[C@@H]1O[C@@H](OCc2ccccc2)[C@H](OC(=O)c2ccccc2)[C@H](OC(=O)c2ccccc2)[C@H]1O[C@@H]1CC[C@H](O)[C@H](C)O1. The number of hydrogen-bond donors (Lipinski definition) is 1. The normalized spacial score (nSPS) is 29.4. The lowest BCUT2D eigenvalue weighted by atomic mass is 9.98. The van der Waals surface area contributed by atoms with Gasteiger partial charge in [0.1, 0.15) is 6.10 Å². The highest BCUT2D eigenvalue weighted by Crippen LogP contribution is 2.33. The maximum atomic E-state index is 13.4. The van der Waals surface area contributed by atoms with Crippen LogP contribution in [0.1, 0.15) is 53.0 Å². The van der Waals surface area contributed by atoms with Gasteiger partial charge >= 0.3 is 11.9 Å². The largest absolute Gasteiger partial charge is 0.452 e. The number of aliphatic hydroxyl groups excluding tert-OH is 1. The summed E-state index contributed by atoms with van der Waals surface area (Å²) in [5.74, 6) is -1.24. The van der Waals surface area contributed by atoms with Gasteiger partial charge in [-0.3, -0.25) is 0 Å². The van der Waals surface area contributed by atoms with Crippen molar-refractivity contribution in [1.82, 2.24) is 0 Å². The van der Waals surface area contributed by atoms with Crippen molar-refractivity contribution in [2.24, 2.45) is 0 Å². The van der Waals surface area contributed by atoms with Crippen LogP contribution in [0.4, 0.5) is 0 Å². The van der Waals surface area contributed by atoms with Crippen molar-refractivity contribution in [1.29, 1.82) is 0 Å². The minimum absolute atomic E-state index is 0.170. The molecule has 0 spiro atoms. The molecule has 5 rings (SSSR count). The van der Waals surface area contributed by atoms with E-state index in [1.54, 1.807) is 74.5 Å². The Labute approximate surface area is 245 Å². The van der Waals surface area contributed by atoms with Crippen LogP contribution in [0.3, 0.4) is 0 Å². The highest BCUT2D eigenvalue weighted by atomic mass is 16.7. The molecule has 42 heavy (non-hydrogen) atoms. The van der Waals surface area contributed by atoms with E-state index in [1.807, 2.05) is 30.3 Å². The summed E-state index contributed by atoms with van der Waals surface area (Å²) >= 11 is 0. The highest BCUT2D eigenvalue weighted by molar-refractivity contribution is 5.90. The smallest absolute Gasteiger partial charge is 0.338 e. The van der Waals surface area contributed by atoms with Crippen molar-refractivity contribution in [3.05, 3.63) is 108 Å². The third-order valence-electron chi connectivity index (χ3n) is 7.40. The van der Waals surface area contributed by atoms with Crippen molar-refractivity contribution in [2.75, 3.05) is 0 Å². The van der Waals surface area contributed by atoms with Crippen LogP contribution in [0.25, 0.3) is 0 Å². The molecule has 8 atom stereocenters. The number of carbonyl (C=O) groups excluding carboxylic acids is 2. The predicted octanol–water partition coefficient (Wildman–Crippen LogP) is 4.67. The van der Waals surface area contributed by atoms with Crippen LogP contribution in [0, 0.1) is 0 Å². The first-order valence-electron chi connectivity index (χ1n) is 14.2. The van der Waals surface area contributed by atoms with E-state index in [0.717, 1.165) is 5.56 Å². The van der Waals surface area contributed by atoms with E-state index in [0.29, 0.717) is 24.0 Å². The Kier molecular flexibility index (Phi) is 9.99. The molecule has 2 aliphatic rings. The summed E-state index contributed by atoms with van der Waals surface area (Å²) in [5.41, 5.74) is 1.54. The molecule has 0 aromatic heterocycles. The van der Waals surface area contributed by atoms with Crippen molar-refractivity contribution in [3.63, 3.8) is 0 Å². The van der Waals surface area contributed by atoms with Gasteiger partial charge in [-0.25, -0.2) is 9.59 Å². The molecule has 0 radical (unpaired) electrons.